The predicted octanol–water partition coefficient (Wildman–Crippen LogP) is 3.50. The molecule has 0 saturated heterocycles. The summed E-state index contributed by atoms with van der Waals surface area (Å²) >= 11 is 0. The Morgan fingerprint density at radius 2 is 1.52 bits per heavy atom. The normalized spacial score (nSPS) is 11.9. The lowest BCUT2D eigenvalue weighted by atomic mass is 10.0. The zero-order valence-electron chi connectivity index (χ0n) is 17.1. The van der Waals surface area contributed by atoms with Crippen LogP contribution in [0.25, 0.3) is 0 Å². The van der Waals surface area contributed by atoms with Crippen LogP contribution in [0.2, 0.25) is 0 Å². The molecule has 8 nitrogen and oxygen atoms in total. The van der Waals surface area contributed by atoms with Crippen molar-refractivity contribution in [2.75, 3.05) is 10.0 Å². The largest absolute Gasteiger partial charge is 0.352 e. The highest BCUT2D eigenvalue weighted by Crippen LogP contribution is 2.21. The Bertz CT molecular complexity index is 1250. The maximum Gasteiger partial charge on any atom is 0.312 e. The van der Waals surface area contributed by atoms with Gasteiger partial charge in [-0.15, -0.1) is 0 Å². The molecule has 0 heterocycles. The SMILES string of the molecule is NC(=O)NC(CC(=O)Nc1ccc(NS(=O)(=O)c2ccc(F)c(F)c2)cc1)c1ccccc1. The van der Waals surface area contributed by atoms with Gasteiger partial charge in [0, 0.05) is 11.4 Å². The molecule has 3 amide bonds. The molecular weight excluding hydrogens is 454 g/mol. The summed E-state index contributed by atoms with van der Waals surface area (Å²) in [6.45, 7) is 0. The Morgan fingerprint density at radius 3 is 2.12 bits per heavy atom. The lowest BCUT2D eigenvalue weighted by molar-refractivity contribution is -0.116. The monoisotopic (exact) mass is 474 g/mol. The molecule has 33 heavy (non-hydrogen) atoms. The van der Waals surface area contributed by atoms with E-state index in [-0.39, 0.29) is 12.1 Å². The van der Waals surface area contributed by atoms with Crippen molar-refractivity contribution in [3.05, 3.63) is 90.0 Å². The number of benzene rings is 3. The minimum Gasteiger partial charge on any atom is -0.352 e. The number of nitrogens with two attached hydrogens (primary N) is 1. The molecule has 0 fully saturated rings. The summed E-state index contributed by atoms with van der Waals surface area (Å²) in [6.07, 6.45) is -0.0858. The van der Waals surface area contributed by atoms with Crippen molar-refractivity contribution in [3.63, 3.8) is 0 Å². The second-order valence-corrected chi connectivity index (χ2v) is 8.67. The minimum atomic E-state index is -4.14. The molecule has 0 bridgehead atoms. The molecule has 11 heteroatoms. The third-order valence-corrected chi connectivity index (χ3v) is 5.91. The van der Waals surface area contributed by atoms with Crippen molar-refractivity contribution >= 4 is 33.3 Å². The molecule has 0 radical (unpaired) electrons. The first-order chi connectivity index (χ1) is 15.6. The number of carbonyl (C=O) groups excluding carboxylic acids is 2. The minimum absolute atomic E-state index is 0.0858. The summed E-state index contributed by atoms with van der Waals surface area (Å²) < 4.78 is 53.4. The molecule has 0 saturated carbocycles. The number of nitrogens with one attached hydrogen (secondary N) is 3. The Balaban J connectivity index is 1.65. The van der Waals surface area contributed by atoms with Crippen LogP contribution in [-0.4, -0.2) is 20.4 Å². The van der Waals surface area contributed by atoms with Gasteiger partial charge in [0.15, 0.2) is 11.6 Å². The molecule has 3 aromatic rings. The fourth-order valence-corrected chi connectivity index (χ4v) is 4.06. The molecule has 0 aliphatic carbocycles. The summed E-state index contributed by atoms with van der Waals surface area (Å²) in [5, 5.41) is 5.17. The van der Waals surface area contributed by atoms with Crippen molar-refractivity contribution in [2.24, 2.45) is 5.73 Å². The summed E-state index contributed by atoms with van der Waals surface area (Å²) in [5.74, 6) is -2.85. The van der Waals surface area contributed by atoms with Gasteiger partial charge < -0.3 is 16.4 Å². The van der Waals surface area contributed by atoms with E-state index < -0.39 is 44.5 Å². The Kier molecular flexibility index (Phi) is 7.23. The number of anilines is 2. The van der Waals surface area contributed by atoms with Crippen LogP contribution in [0, 0.1) is 11.6 Å². The molecule has 172 valence electrons. The lowest BCUT2D eigenvalue weighted by Gasteiger charge is -2.18. The second kappa shape index (κ2) is 10.1. The number of rotatable bonds is 8. The molecule has 0 aromatic heterocycles. The number of amides is 3. The molecule has 0 aliphatic heterocycles. The van der Waals surface area contributed by atoms with Crippen molar-refractivity contribution in [2.45, 2.75) is 17.4 Å². The van der Waals surface area contributed by atoms with Crippen LogP contribution in [0.15, 0.2) is 77.7 Å². The fourth-order valence-electron chi connectivity index (χ4n) is 2.99. The summed E-state index contributed by atoms with van der Waals surface area (Å²) in [6, 6.07) is 15.4. The van der Waals surface area contributed by atoms with Crippen molar-refractivity contribution < 1.29 is 26.8 Å². The van der Waals surface area contributed by atoms with Gasteiger partial charge in [0.2, 0.25) is 5.91 Å². The number of primary amides is 1. The van der Waals surface area contributed by atoms with E-state index in [0.29, 0.717) is 17.3 Å². The lowest BCUT2D eigenvalue weighted by Crippen LogP contribution is -2.35. The van der Waals surface area contributed by atoms with E-state index in [0.717, 1.165) is 12.1 Å². The summed E-state index contributed by atoms with van der Waals surface area (Å²) in [4.78, 5) is 23.3. The average molecular weight is 474 g/mol. The molecule has 3 rings (SSSR count). The quantitative estimate of drug-likeness (QED) is 0.398. The maximum atomic E-state index is 13.4. The zero-order chi connectivity index (χ0) is 24.0. The van der Waals surface area contributed by atoms with E-state index in [1.807, 2.05) is 0 Å². The molecule has 1 unspecified atom stereocenters. The van der Waals surface area contributed by atoms with Crippen LogP contribution in [0.3, 0.4) is 0 Å². The van der Waals surface area contributed by atoms with Gasteiger partial charge in [-0.1, -0.05) is 30.3 Å². The highest BCUT2D eigenvalue weighted by atomic mass is 32.2. The van der Waals surface area contributed by atoms with Crippen LogP contribution in [-0.2, 0) is 14.8 Å². The highest BCUT2D eigenvalue weighted by Gasteiger charge is 2.19. The highest BCUT2D eigenvalue weighted by molar-refractivity contribution is 7.92. The molecular formula is C22H20F2N4O4S. The van der Waals surface area contributed by atoms with Gasteiger partial charge in [-0.05, 0) is 48.0 Å². The Morgan fingerprint density at radius 1 is 0.879 bits per heavy atom. The van der Waals surface area contributed by atoms with Crippen LogP contribution in [0.1, 0.15) is 18.0 Å². The molecule has 3 aromatic carbocycles. The first-order valence-corrected chi connectivity index (χ1v) is 11.1. The Hall–Kier alpha value is -3.99. The van der Waals surface area contributed by atoms with Gasteiger partial charge in [0.05, 0.1) is 17.4 Å². The van der Waals surface area contributed by atoms with Crippen molar-refractivity contribution in [1.82, 2.24) is 5.32 Å². The standard InChI is InChI=1S/C22H20F2N4O4S/c23-18-11-10-17(12-19(18)24)33(31,32)28-16-8-6-15(7-9-16)26-21(29)13-20(27-22(25)30)14-4-2-1-3-5-14/h1-12,20,28H,13H2,(H,26,29)(H3,25,27,30). The van der Waals surface area contributed by atoms with Gasteiger partial charge in [0.25, 0.3) is 10.0 Å². The maximum absolute atomic E-state index is 13.4. The van der Waals surface area contributed by atoms with Gasteiger partial charge in [-0.2, -0.15) is 0 Å². The third kappa shape index (κ3) is 6.50. The number of urea groups is 1. The molecule has 5 N–H and O–H groups in total. The number of sulfonamides is 1. The van der Waals surface area contributed by atoms with E-state index in [1.165, 1.54) is 24.3 Å². The zero-order valence-corrected chi connectivity index (χ0v) is 17.9. The second-order valence-electron chi connectivity index (χ2n) is 6.98. The van der Waals surface area contributed by atoms with E-state index >= 15 is 0 Å². The van der Waals surface area contributed by atoms with Gasteiger partial charge in [0.1, 0.15) is 0 Å². The van der Waals surface area contributed by atoms with Gasteiger partial charge in [-0.3, -0.25) is 9.52 Å². The van der Waals surface area contributed by atoms with Crippen LogP contribution in [0.4, 0.5) is 25.0 Å². The number of halogens is 2. The number of carbonyl (C=O) groups is 2. The average Bonchev–Trinajstić information content (AvgIpc) is 2.76. The Labute approximate surface area is 188 Å². The van der Waals surface area contributed by atoms with Gasteiger partial charge in [-0.25, -0.2) is 22.0 Å². The number of hydrogen-bond donors (Lipinski definition) is 4. The fraction of sp³-hybridized carbons (Fsp3) is 0.0909. The van der Waals surface area contributed by atoms with Crippen LogP contribution >= 0.6 is 0 Å². The van der Waals surface area contributed by atoms with E-state index in [2.05, 4.69) is 15.4 Å². The number of hydrogen-bond acceptors (Lipinski definition) is 4. The molecule has 0 spiro atoms. The summed E-state index contributed by atoms with van der Waals surface area (Å²) in [5.41, 5.74) is 6.43. The van der Waals surface area contributed by atoms with E-state index in [9.17, 15) is 26.8 Å². The summed E-state index contributed by atoms with van der Waals surface area (Å²) in [7, 11) is -4.14. The third-order valence-electron chi connectivity index (χ3n) is 4.53. The molecule has 1 atom stereocenters. The van der Waals surface area contributed by atoms with E-state index in [4.69, 9.17) is 5.73 Å². The first-order valence-electron chi connectivity index (χ1n) is 9.63. The van der Waals surface area contributed by atoms with Crippen LogP contribution < -0.4 is 21.1 Å². The van der Waals surface area contributed by atoms with Crippen molar-refractivity contribution in [1.29, 1.82) is 0 Å². The smallest absolute Gasteiger partial charge is 0.312 e. The topological polar surface area (TPSA) is 130 Å². The molecule has 0 aliphatic rings. The first kappa shape index (κ1) is 23.7. The van der Waals surface area contributed by atoms with E-state index in [1.54, 1.807) is 30.3 Å². The van der Waals surface area contributed by atoms with Crippen molar-refractivity contribution in [3.8, 4) is 0 Å². The van der Waals surface area contributed by atoms with Crippen LogP contribution in [0.5, 0.6) is 0 Å². The van der Waals surface area contributed by atoms with Gasteiger partial charge >= 0.3 is 6.03 Å². The predicted molar refractivity (Wildman–Crippen MR) is 119 cm³/mol.